The molecule has 20 heavy (non-hydrogen) atoms. The van der Waals surface area contributed by atoms with Crippen LogP contribution in [0.25, 0.3) is 10.1 Å². The number of carbonyl (C=O) groups excluding carboxylic acids is 2. The van der Waals surface area contributed by atoms with Crippen LogP contribution in [0.15, 0.2) is 29.6 Å². The van der Waals surface area contributed by atoms with Gasteiger partial charge in [0.25, 0.3) is 5.91 Å². The van der Waals surface area contributed by atoms with Gasteiger partial charge in [0, 0.05) is 22.0 Å². The molecule has 1 aromatic heterocycles. The Morgan fingerprint density at radius 3 is 2.95 bits per heavy atom. The lowest BCUT2D eigenvalue weighted by atomic mass is 10.1. The van der Waals surface area contributed by atoms with E-state index in [1.54, 1.807) is 0 Å². The molecule has 0 spiro atoms. The first-order chi connectivity index (χ1) is 9.68. The first-order valence-electron chi connectivity index (χ1n) is 6.33. The molecule has 104 valence electrons. The lowest BCUT2D eigenvalue weighted by Gasteiger charge is -2.33. The summed E-state index contributed by atoms with van der Waals surface area (Å²) >= 11 is 1.52. The van der Waals surface area contributed by atoms with Gasteiger partial charge in [-0.15, -0.1) is 11.3 Å². The summed E-state index contributed by atoms with van der Waals surface area (Å²) in [7, 11) is 0. The number of primary amides is 1. The zero-order valence-electron chi connectivity index (χ0n) is 10.7. The fourth-order valence-corrected chi connectivity index (χ4v) is 3.32. The average molecular weight is 290 g/mol. The number of nitrogens with zero attached hydrogens (tertiary/aromatic N) is 1. The van der Waals surface area contributed by atoms with Crippen molar-refractivity contribution in [2.45, 2.75) is 6.04 Å². The fourth-order valence-electron chi connectivity index (χ4n) is 2.38. The Morgan fingerprint density at radius 1 is 1.35 bits per heavy atom. The summed E-state index contributed by atoms with van der Waals surface area (Å²) in [6.07, 6.45) is 0. The zero-order valence-corrected chi connectivity index (χ0v) is 11.6. The van der Waals surface area contributed by atoms with Crippen LogP contribution in [0.3, 0.4) is 0 Å². The highest BCUT2D eigenvalue weighted by atomic mass is 32.1. The van der Waals surface area contributed by atoms with E-state index in [9.17, 15) is 9.59 Å². The van der Waals surface area contributed by atoms with E-state index in [-0.39, 0.29) is 12.5 Å². The molecule has 0 aliphatic carbocycles. The zero-order chi connectivity index (χ0) is 14.1. The van der Waals surface area contributed by atoms with Crippen molar-refractivity contribution in [2.24, 2.45) is 5.73 Å². The number of morpholine rings is 1. The van der Waals surface area contributed by atoms with Crippen molar-refractivity contribution in [2.75, 3.05) is 19.8 Å². The maximum absolute atomic E-state index is 12.7. The molecular formula is C14H14N2O3S. The monoisotopic (exact) mass is 290 g/mol. The number of amides is 2. The summed E-state index contributed by atoms with van der Waals surface area (Å²) in [4.78, 5) is 25.6. The predicted octanol–water partition coefficient (Wildman–Crippen LogP) is 1.23. The minimum Gasteiger partial charge on any atom is -0.377 e. The molecule has 2 N–H and O–H groups in total. The number of fused-ring (bicyclic) bond motifs is 1. The topological polar surface area (TPSA) is 72.6 Å². The van der Waals surface area contributed by atoms with Crippen molar-refractivity contribution >= 4 is 33.2 Å². The average Bonchev–Trinajstić information content (AvgIpc) is 2.90. The van der Waals surface area contributed by atoms with Crippen molar-refractivity contribution in [3.8, 4) is 0 Å². The largest absolute Gasteiger partial charge is 0.377 e. The molecule has 0 bridgehead atoms. The summed E-state index contributed by atoms with van der Waals surface area (Å²) in [5.41, 5.74) is 5.98. The molecule has 2 amide bonds. The molecule has 0 radical (unpaired) electrons. The van der Waals surface area contributed by atoms with Crippen molar-refractivity contribution in [1.29, 1.82) is 0 Å². The third kappa shape index (κ3) is 2.17. The van der Waals surface area contributed by atoms with Gasteiger partial charge in [0.05, 0.1) is 18.8 Å². The Labute approximate surface area is 119 Å². The quantitative estimate of drug-likeness (QED) is 0.904. The van der Waals surface area contributed by atoms with E-state index in [0.29, 0.717) is 18.7 Å². The maximum atomic E-state index is 12.7. The van der Waals surface area contributed by atoms with Gasteiger partial charge in [-0.05, 0) is 6.07 Å². The van der Waals surface area contributed by atoms with Gasteiger partial charge in [0.1, 0.15) is 6.04 Å². The highest BCUT2D eigenvalue weighted by Crippen LogP contribution is 2.27. The number of benzene rings is 1. The van der Waals surface area contributed by atoms with Crippen molar-refractivity contribution < 1.29 is 14.3 Å². The Kier molecular flexibility index (Phi) is 3.42. The lowest BCUT2D eigenvalue weighted by Crippen LogP contribution is -2.54. The minimum atomic E-state index is -0.685. The molecule has 3 rings (SSSR count). The molecule has 1 saturated heterocycles. The Hall–Kier alpha value is -1.92. The van der Waals surface area contributed by atoms with E-state index >= 15 is 0 Å². The van der Waals surface area contributed by atoms with E-state index in [1.165, 1.54) is 16.2 Å². The van der Waals surface area contributed by atoms with Crippen LogP contribution < -0.4 is 5.73 Å². The third-order valence-electron chi connectivity index (χ3n) is 3.43. The van der Waals surface area contributed by atoms with Gasteiger partial charge in [-0.25, -0.2) is 0 Å². The standard InChI is InChI=1S/C14H14N2O3S/c15-13(17)11-7-19-6-5-16(11)14(18)10-8-20-12-4-2-1-3-9(10)12/h1-4,8,11H,5-7H2,(H2,15,17). The number of ether oxygens (including phenoxy) is 1. The van der Waals surface area contributed by atoms with Crippen LogP contribution in [0, 0.1) is 0 Å². The molecule has 1 aliphatic heterocycles. The normalized spacial score (nSPS) is 19.2. The highest BCUT2D eigenvalue weighted by Gasteiger charge is 2.32. The number of rotatable bonds is 2. The first kappa shape index (κ1) is 13.1. The Balaban J connectivity index is 1.96. The van der Waals surface area contributed by atoms with Gasteiger partial charge in [0.15, 0.2) is 0 Å². The van der Waals surface area contributed by atoms with Crippen LogP contribution in [0.1, 0.15) is 10.4 Å². The van der Waals surface area contributed by atoms with E-state index in [1.807, 2.05) is 29.6 Å². The second kappa shape index (κ2) is 5.22. The van der Waals surface area contributed by atoms with Crippen LogP contribution in [0.4, 0.5) is 0 Å². The Bertz CT molecular complexity index is 667. The van der Waals surface area contributed by atoms with Crippen LogP contribution in [-0.2, 0) is 9.53 Å². The number of hydrogen-bond donors (Lipinski definition) is 1. The van der Waals surface area contributed by atoms with Crippen LogP contribution in [0.2, 0.25) is 0 Å². The third-order valence-corrected chi connectivity index (χ3v) is 4.39. The summed E-state index contributed by atoms with van der Waals surface area (Å²) < 4.78 is 6.29. The van der Waals surface area contributed by atoms with Crippen LogP contribution >= 0.6 is 11.3 Å². The van der Waals surface area contributed by atoms with Gasteiger partial charge in [-0.1, -0.05) is 18.2 Å². The van der Waals surface area contributed by atoms with Crippen LogP contribution in [0.5, 0.6) is 0 Å². The molecule has 6 heteroatoms. The summed E-state index contributed by atoms with van der Waals surface area (Å²) in [6.45, 7) is 0.983. The van der Waals surface area contributed by atoms with Crippen molar-refractivity contribution in [1.82, 2.24) is 4.90 Å². The first-order valence-corrected chi connectivity index (χ1v) is 7.20. The SMILES string of the molecule is NC(=O)C1COCCN1C(=O)c1csc2ccccc12. The molecular weight excluding hydrogens is 276 g/mol. The molecule has 1 fully saturated rings. The van der Waals surface area contributed by atoms with E-state index in [0.717, 1.165) is 10.1 Å². The van der Waals surface area contributed by atoms with Crippen LogP contribution in [-0.4, -0.2) is 42.5 Å². The maximum Gasteiger partial charge on any atom is 0.256 e. The number of carbonyl (C=O) groups is 2. The molecule has 1 atom stereocenters. The minimum absolute atomic E-state index is 0.158. The number of nitrogens with two attached hydrogens (primary N) is 1. The van der Waals surface area contributed by atoms with Gasteiger partial charge < -0.3 is 15.4 Å². The number of hydrogen-bond acceptors (Lipinski definition) is 4. The van der Waals surface area contributed by atoms with E-state index < -0.39 is 11.9 Å². The summed E-state index contributed by atoms with van der Waals surface area (Å²) in [6, 6.07) is 7.04. The molecule has 2 aromatic rings. The second-order valence-corrected chi connectivity index (χ2v) is 5.55. The molecule has 1 aliphatic rings. The van der Waals surface area contributed by atoms with Gasteiger partial charge in [-0.2, -0.15) is 0 Å². The molecule has 1 unspecified atom stereocenters. The van der Waals surface area contributed by atoms with Gasteiger partial charge in [0.2, 0.25) is 5.91 Å². The van der Waals surface area contributed by atoms with Gasteiger partial charge in [-0.3, -0.25) is 9.59 Å². The van der Waals surface area contributed by atoms with E-state index in [4.69, 9.17) is 10.5 Å². The highest BCUT2D eigenvalue weighted by molar-refractivity contribution is 7.17. The Morgan fingerprint density at radius 2 is 2.15 bits per heavy atom. The molecule has 2 heterocycles. The second-order valence-electron chi connectivity index (χ2n) is 4.64. The number of thiophene rings is 1. The molecule has 1 aromatic carbocycles. The molecule has 5 nitrogen and oxygen atoms in total. The summed E-state index contributed by atoms with van der Waals surface area (Å²) in [5, 5.41) is 2.75. The van der Waals surface area contributed by atoms with E-state index in [2.05, 4.69) is 0 Å². The predicted molar refractivity (Wildman–Crippen MR) is 76.7 cm³/mol. The molecule has 0 saturated carbocycles. The van der Waals surface area contributed by atoms with Crippen molar-refractivity contribution in [3.63, 3.8) is 0 Å². The summed E-state index contributed by atoms with van der Waals surface area (Å²) in [5.74, 6) is -0.688. The lowest BCUT2D eigenvalue weighted by molar-refractivity contribution is -0.127. The van der Waals surface area contributed by atoms with Crippen molar-refractivity contribution in [3.05, 3.63) is 35.2 Å². The van der Waals surface area contributed by atoms with Gasteiger partial charge >= 0.3 is 0 Å². The smallest absolute Gasteiger partial charge is 0.256 e. The fraction of sp³-hybridized carbons (Fsp3) is 0.286.